The van der Waals surface area contributed by atoms with Crippen LogP contribution in [0.4, 0.5) is 5.82 Å². The Bertz CT molecular complexity index is 373. The Labute approximate surface area is 94.4 Å². The molecule has 1 aromatic rings. The van der Waals surface area contributed by atoms with E-state index in [0.29, 0.717) is 11.3 Å². The van der Waals surface area contributed by atoms with Gasteiger partial charge in [-0.25, -0.2) is 0 Å². The zero-order valence-electron chi connectivity index (χ0n) is 10.0. The number of aromatic amines is 1. The number of rotatable bonds is 3. The third-order valence-corrected chi connectivity index (χ3v) is 2.16. The predicted molar refractivity (Wildman–Crippen MR) is 61.0 cm³/mol. The van der Waals surface area contributed by atoms with Gasteiger partial charge in [0, 0.05) is 19.3 Å². The molecule has 6 nitrogen and oxygen atoms in total. The molecule has 0 saturated heterocycles. The van der Waals surface area contributed by atoms with Crippen LogP contribution in [0.2, 0.25) is 0 Å². The fourth-order valence-electron chi connectivity index (χ4n) is 1.56. The minimum absolute atomic E-state index is 0.185. The first-order chi connectivity index (χ1) is 7.22. The van der Waals surface area contributed by atoms with Crippen molar-refractivity contribution >= 4 is 11.7 Å². The van der Waals surface area contributed by atoms with E-state index in [2.05, 4.69) is 10.2 Å². The smallest absolute Gasteiger partial charge is 0.259 e. The topological polar surface area (TPSA) is 95.2 Å². The molecule has 1 aromatic heterocycles. The number of amides is 1. The molecule has 0 aliphatic rings. The Kier molecular flexibility index (Phi) is 3.23. The molecule has 1 rings (SSSR count). The molecule has 1 heterocycles. The van der Waals surface area contributed by atoms with Gasteiger partial charge in [-0.15, -0.1) is 0 Å². The Balaban J connectivity index is 2.87. The van der Waals surface area contributed by atoms with E-state index in [1.54, 1.807) is 27.8 Å². The lowest BCUT2D eigenvalue weighted by molar-refractivity contribution is 0.0368. The monoisotopic (exact) mass is 226 g/mol. The first-order valence-electron chi connectivity index (χ1n) is 5.00. The van der Waals surface area contributed by atoms with Crippen molar-refractivity contribution in [2.24, 2.45) is 0 Å². The highest BCUT2D eigenvalue weighted by molar-refractivity contribution is 5.99. The zero-order chi connectivity index (χ0) is 12.5. The normalized spacial score (nSPS) is 11.6. The molecule has 0 aromatic carbocycles. The lowest BCUT2D eigenvalue weighted by atomic mass is 10.1. The number of likely N-dealkylation sites (N-methyl/N-ethyl adjacent to an activating group) is 1. The molecule has 0 aliphatic carbocycles. The molecule has 1 amide bonds. The van der Waals surface area contributed by atoms with Crippen LogP contribution in [0, 0.1) is 6.92 Å². The van der Waals surface area contributed by atoms with E-state index in [1.165, 1.54) is 4.90 Å². The van der Waals surface area contributed by atoms with Gasteiger partial charge in [0.25, 0.3) is 5.91 Å². The number of carbonyl (C=O) groups is 1. The van der Waals surface area contributed by atoms with Gasteiger partial charge < -0.3 is 15.7 Å². The van der Waals surface area contributed by atoms with Crippen LogP contribution in [-0.4, -0.2) is 45.3 Å². The van der Waals surface area contributed by atoms with Crippen molar-refractivity contribution < 1.29 is 9.90 Å². The number of aliphatic hydroxyl groups is 1. The van der Waals surface area contributed by atoms with E-state index in [4.69, 9.17) is 5.73 Å². The lowest BCUT2D eigenvalue weighted by Crippen LogP contribution is -2.40. The minimum atomic E-state index is -0.934. The molecule has 0 fully saturated rings. The SMILES string of the molecule is Cc1[nH]nc(N)c1C(=O)N(C)CC(C)(C)O. The van der Waals surface area contributed by atoms with Crippen LogP contribution < -0.4 is 5.73 Å². The van der Waals surface area contributed by atoms with Gasteiger partial charge in [0.2, 0.25) is 0 Å². The van der Waals surface area contributed by atoms with Crippen molar-refractivity contribution in [1.82, 2.24) is 15.1 Å². The average Bonchev–Trinajstić information content (AvgIpc) is 2.42. The Hall–Kier alpha value is -1.56. The van der Waals surface area contributed by atoms with Gasteiger partial charge in [-0.3, -0.25) is 9.89 Å². The van der Waals surface area contributed by atoms with Crippen LogP contribution in [0.15, 0.2) is 0 Å². The van der Waals surface area contributed by atoms with Crippen molar-refractivity contribution in [3.8, 4) is 0 Å². The van der Waals surface area contributed by atoms with Crippen LogP contribution in [-0.2, 0) is 0 Å². The van der Waals surface area contributed by atoms with Crippen LogP contribution in [0.3, 0.4) is 0 Å². The summed E-state index contributed by atoms with van der Waals surface area (Å²) in [6.07, 6.45) is 0. The van der Waals surface area contributed by atoms with E-state index in [0.717, 1.165) is 0 Å². The summed E-state index contributed by atoms with van der Waals surface area (Å²) in [5, 5.41) is 16.0. The highest BCUT2D eigenvalue weighted by Crippen LogP contribution is 2.15. The first-order valence-corrected chi connectivity index (χ1v) is 5.00. The number of aromatic nitrogens is 2. The van der Waals surface area contributed by atoms with Gasteiger partial charge in [0.05, 0.1) is 5.60 Å². The Morgan fingerprint density at radius 3 is 2.56 bits per heavy atom. The summed E-state index contributed by atoms with van der Waals surface area (Å²) in [6.45, 7) is 5.25. The van der Waals surface area contributed by atoms with Crippen LogP contribution in [0.1, 0.15) is 29.9 Å². The summed E-state index contributed by atoms with van der Waals surface area (Å²) < 4.78 is 0. The summed E-state index contributed by atoms with van der Waals surface area (Å²) in [7, 11) is 1.62. The van der Waals surface area contributed by atoms with Gasteiger partial charge >= 0.3 is 0 Å². The van der Waals surface area contributed by atoms with Gasteiger partial charge in [-0.2, -0.15) is 5.10 Å². The molecular weight excluding hydrogens is 208 g/mol. The number of nitrogens with zero attached hydrogens (tertiary/aromatic N) is 2. The molecule has 0 atom stereocenters. The summed E-state index contributed by atoms with van der Waals surface area (Å²) in [6, 6.07) is 0. The number of nitrogens with one attached hydrogen (secondary N) is 1. The van der Waals surface area contributed by atoms with Crippen molar-refractivity contribution in [2.75, 3.05) is 19.3 Å². The first kappa shape index (κ1) is 12.5. The molecule has 0 bridgehead atoms. The zero-order valence-corrected chi connectivity index (χ0v) is 10.0. The number of hydrogen-bond acceptors (Lipinski definition) is 4. The van der Waals surface area contributed by atoms with E-state index in [9.17, 15) is 9.90 Å². The number of anilines is 1. The minimum Gasteiger partial charge on any atom is -0.389 e. The van der Waals surface area contributed by atoms with Crippen LogP contribution >= 0.6 is 0 Å². The summed E-state index contributed by atoms with van der Waals surface area (Å²) in [4.78, 5) is 13.4. The highest BCUT2D eigenvalue weighted by Gasteiger charge is 2.24. The van der Waals surface area contributed by atoms with Gasteiger partial charge in [-0.05, 0) is 20.8 Å². The molecule has 0 radical (unpaired) electrons. The quantitative estimate of drug-likeness (QED) is 0.683. The predicted octanol–water partition coefficient (Wildman–Crippen LogP) is 0.143. The highest BCUT2D eigenvalue weighted by atomic mass is 16.3. The third kappa shape index (κ3) is 2.73. The van der Waals surface area contributed by atoms with Crippen LogP contribution in [0.5, 0.6) is 0 Å². The van der Waals surface area contributed by atoms with Crippen LogP contribution in [0.25, 0.3) is 0 Å². The molecule has 6 heteroatoms. The number of aryl methyl sites for hydroxylation is 1. The molecule has 0 unspecified atom stereocenters. The Morgan fingerprint density at radius 1 is 1.62 bits per heavy atom. The molecular formula is C10H18N4O2. The number of nitrogen functional groups attached to an aromatic ring is 1. The van der Waals surface area contributed by atoms with Gasteiger partial charge in [0.15, 0.2) is 5.82 Å². The Morgan fingerprint density at radius 2 is 2.19 bits per heavy atom. The van der Waals surface area contributed by atoms with Gasteiger partial charge in [-0.1, -0.05) is 0 Å². The van der Waals surface area contributed by atoms with Crippen molar-refractivity contribution in [3.05, 3.63) is 11.3 Å². The molecule has 0 spiro atoms. The molecule has 90 valence electrons. The molecule has 0 aliphatic heterocycles. The average molecular weight is 226 g/mol. The number of carbonyl (C=O) groups excluding carboxylic acids is 1. The molecule has 0 saturated carbocycles. The summed E-state index contributed by atoms with van der Waals surface area (Å²) in [5.41, 5.74) is 5.65. The van der Waals surface area contributed by atoms with E-state index in [-0.39, 0.29) is 18.3 Å². The lowest BCUT2D eigenvalue weighted by Gasteiger charge is -2.25. The summed E-state index contributed by atoms with van der Waals surface area (Å²) >= 11 is 0. The largest absolute Gasteiger partial charge is 0.389 e. The van der Waals surface area contributed by atoms with E-state index in [1.807, 2.05) is 0 Å². The maximum absolute atomic E-state index is 12.0. The maximum atomic E-state index is 12.0. The second-order valence-electron chi connectivity index (χ2n) is 4.58. The van der Waals surface area contributed by atoms with Crippen molar-refractivity contribution in [1.29, 1.82) is 0 Å². The summed E-state index contributed by atoms with van der Waals surface area (Å²) in [5.74, 6) is -0.0593. The third-order valence-electron chi connectivity index (χ3n) is 2.16. The fourth-order valence-corrected chi connectivity index (χ4v) is 1.56. The standard InChI is InChI=1S/C10H18N4O2/c1-6-7(8(11)13-12-6)9(15)14(4)5-10(2,3)16/h16H,5H2,1-4H3,(H3,11,12,13). The van der Waals surface area contributed by atoms with E-state index < -0.39 is 5.60 Å². The van der Waals surface area contributed by atoms with Gasteiger partial charge in [0.1, 0.15) is 5.56 Å². The van der Waals surface area contributed by atoms with E-state index >= 15 is 0 Å². The fraction of sp³-hybridized carbons (Fsp3) is 0.600. The molecule has 16 heavy (non-hydrogen) atoms. The molecule has 4 N–H and O–H groups in total. The number of H-pyrrole nitrogens is 1. The maximum Gasteiger partial charge on any atom is 0.259 e. The number of hydrogen-bond donors (Lipinski definition) is 3. The number of nitrogens with two attached hydrogens (primary N) is 1. The second kappa shape index (κ2) is 4.13. The van der Waals surface area contributed by atoms with Crippen molar-refractivity contribution in [2.45, 2.75) is 26.4 Å². The van der Waals surface area contributed by atoms with Crippen molar-refractivity contribution in [3.63, 3.8) is 0 Å². The second-order valence-corrected chi connectivity index (χ2v) is 4.58.